The zero-order chi connectivity index (χ0) is 21.3. The van der Waals surface area contributed by atoms with Crippen molar-refractivity contribution in [3.05, 3.63) is 65.7 Å². The van der Waals surface area contributed by atoms with Gasteiger partial charge >= 0.3 is 0 Å². The molecule has 0 bridgehead atoms. The van der Waals surface area contributed by atoms with Crippen molar-refractivity contribution in [2.75, 3.05) is 31.5 Å². The van der Waals surface area contributed by atoms with Crippen molar-refractivity contribution in [3.8, 4) is 0 Å². The second-order valence-electron chi connectivity index (χ2n) is 7.52. The highest BCUT2D eigenvalue weighted by Gasteiger charge is 2.20. The minimum absolute atomic E-state index is 0.0442. The van der Waals surface area contributed by atoms with E-state index in [1.807, 2.05) is 4.90 Å². The Kier molecular flexibility index (Phi) is 7.90. The van der Waals surface area contributed by atoms with Gasteiger partial charge in [-0.3, -0.25) is 14.5 Å². The highest BCUT2D eigenvalue weighted by Crippen LogP contribution is 2.15. The standard InChI is InChI=1S/C23H27F2N3O2/c24-19-9-3-2-8-18(19)16-27(15-12-23(30)28-13-6-1-7-14-28)17-22(29)26-21-11-5-4-10-20(21)25/h2-5,8-11H,1,6-7,12-17H2,(H,26,29). The van der Waals surface area contributed by atoms with Gasteiger partial charge in [0.15, 0.2) is 0 Å². The molecule has 0 unspecified atom stereocenters. The van der Waals surface area contributed by atoms with Gasteiger partial charge in [0.2, 0.25) is 11.8 Å². The number of piperidine rings is 1. The monoisotopic (exact) mass is 415 g/mol. The number of carbonyl (C=O) groups excluding carboxylic acids is 2. The molecule has 7 heteroatoms. The second-order valence-corrected chi connectivity index (χ2v) is 7.52. The topological polar surface area (TPSA) is 52.7 Å². The van der Waals surface area contributed by atoms with Crippen LogP contribution in [0.2, 0.25) is 0 Å². The fourth-order valence-corrected chi connectivity index (χ4v) is 3.59. The number of rotatable bonds is 8. The van der Waals surface area contributed by atoms with Gasteiger partial charge in [0.05, 0.1) is 12.2 Å². The number of nitrogens with one attached hydrogen (secondary N) is 1. The van der Waals surface area contributed by atoms with Crippen LogP contribution in [0.15, 0.2) is 48.5 Å². The van der Waals surface area contributed by atoms with Crippen LogP contribution in [0.25, 0.3) is 0 Å². The second kappa shape index (κ2) is 10.8. The molecular weight excluding hydrogens is 388 g/mol. The summed E-state index contributed by atoms with van der Waals surface area (Å²) in [6, 6.07) is 12.3. The third-order valence-corrected chi connectivity index (χ3v) is 5.22. The Hall–Kier alpha value is -2.80. The summed E-state index contributed by atoms with van der Waals surface area (Å²) in [5.74, 6) is -1.25. The first-order chi connectivity index (χ1) is 14.5. The molecule has 0 radical (unpaired) electrons. The molecule has 5 nitrogen and oxygen atoms in total. The molecule has 0 atom stereocenters. The van der Waals surface area contributed by atoms with Gasteiger partial charge in [-0.2, -0.15) is 0 Å². The number of likely N-dealkylation sites (tertiary alicyclic amines) is 1. The maximum atomic E-state index is 14.1. The third-order valence-electron chi connectivity index (χ3n) is 5.22. The van der Waals surface area contributed by atoms with Gasteiger partial charge in [0.1, 0.15) is 11.6 Å². The third kappa shape index (κ3) is 6.35. The number of hydrogen-bond donors (Lipinski definition) is 1. The van der Waals surface area contributed by atoms with E-state index < -0.39 is 11.7 Å². The van der Waals surface area contributed by atoms with Crippen LogP contribution in [0.3, 0.4) is 0 Å². The van der Waals surface area contributed by atoms with E-state index in [0.29, 0.717) is 12.1 Å². The number of anilines is 1. The average molecular weight is 415 g/mol. The number of para-hydroxylation sites is 1. The van der Waals surface area contributed by atoms with Crippen molar-refractivity contribution in [2.24, 2.45) is 0 Å². The van der Waals surface area contributed by atoms with Gasteiger partial charge in [0, 0.05) is 38.2 Å². The van der Waals surface area contributed by atoms with E-state index in [-0.39, 0.29) is 36.9 Å². The van der Waals surface area contributed by atoms with E-state index in [1.54, 1.807) is 35.2 Å². The quantitative estimate of drug-likeness (QED) is 0.713. The average Bonchev–Trinajstić information content (AvgIpc) is 2.75. The molecule has 1 fully saturated rings. The molecule has 1 saturated heterocycles. The summed E-state index contributed by atoms with van der Waals surface area (Å²) in [4.78, 5) is 28.6. The van der Waals surface area contributed by atoms with Gasteiger partial charge in [-0.05, 0) is 37.5 Å². The van der Waals surface area contributed by atoms with Crippen LogP contribution < -0.4 is 5.32 Å². The van der Waals surface area contributed by atoms with Crippen LogP contribution in [0.1, 0.15) is 31.2 Å². The summed E-state index contributed by atoms with van der Waals surface area (Å²) in [7, 11) is 0. The van der Waals surface area contributed by atoms with E-state index in [4.69, 9.17) is 0 Å². The van der Waals surface area contributed by atoms with Crippen LogP contribution in [-0.4, -0.2) is 47.8 Å². The molecule has 160 valence electrons. The highest BCUT2D eigenvalue weighted by atomic mass is 19.1. The molecule has 1 aliphatic rings. The Bertz CT molecular complexity index is 869. The summed E-state index contributed by atoms with van der Waals surface area (Å²) in [6.07, 6.45) is 3.41. The summed E-state index contributed by atoms with van der Waals surface area (Å²) < 4.78 is 27.9. The molecular formula is C23H27F2N3O2. The fourth-order valence-electron chi connectivity index (χ4n) is 3.59. The van der Waals surface area contributed by atoms with Crippen LogP contribution >= 0.6 is 0 Å². The predicted octanol–water partition coefficient (Wildman–Crippen LogP) is 3.81. The van der Waals surface area contributed by atoms with E-state index in [2.05, 4.69) is 5.32 Å². The van der Waals surface area contributed by atoms with Crippen LogP contribution in [0.4, 0.5) is 14.5 Å². The van der Waals surface area contributed by atoms with Crippen molar-refractivity contribution in [1.82, 2.24) is 9.80 Å². The van der Waals surface area contributed by atoms with Crippen molar-refractivity contribution in [2.45, 2.75) is 32.2 Å². The maximum Gasteiger partial charge on any atom is 0.238 e. The van der Waals surface area contributed by atoms with Crippen molar-refractivity contribution >= 4 is 17.5 Å². The Balaban J connectivity index is 1.63. The first-order valence-electron chi connectivity index (χ1n) is 10.3. The number of hydrogen-bond acceptors (Lipinski definition) is 3. The molecule has 0 aromatic heterocycles. The van der Waals surface area contributed by atoms with Gasteiger partial charge in [-0.1, -0.05) is 30.3 Å². The van der Waals surface area contributed by atoms with Gasteiger partial charge < -0.3 is 10.2 Å². The summed E-state index contributed by atoms with van der Waals surface area (Å²) in [6.45, 7) is 1.95. The van der Waals surface area contributed by atoms with Crippen LogP contribution in [0, 0.1) is 11.6 Å². The lowest BCUT2D eigenvalue weighted by Crippen LogP contribution is -2.39. The lowest BCUT2D eigenvalue weighted by Gasteiger charge is -2.28. The van der Waals surface area contributed by atoms with E-state index >= 15 is 0 Å². The van der Waals surface area contributed by atoms with Crippen LogP contribution in [-0.2, 0) is 16.1 Å². The predicted molar refractivity (Wildman–Crippen MR) is 112 cm³/mol. The molecule has 30 heavy (non-hydrogen) atoms. The van der Waals surface area contributed by atoms with Crippen molar-refractivity contribution < 1.29 is 18.4 Å². The molecule has 3 rings (SSSR count). The molecule has 1 N–H and O–H groups in total. The van der Waals surface area contributed by atoms with Crippen molar-refractivity contribution in [3.63, 3.8) is 0 Å². The molecule has 1 aliphatic heterocycles. The number of carbonyl (C=O) groups is 2. The number of amides is 2. The van der Waals surface area contributed by atoms with Crippen molar-refractivity contribution in [1.29, 1.82) is 0 Å². The normalized spacial score (nSPS) is 14.0. The molecule has 0 aliphatic carbocycles. The van der Waals surface area contributed by atoms with Gasteiger partial charge in [0.25, 0.3) is 0 Å². The smallest absolute Gasteiger partial charge is 0.238 e. The van der Waals surface area contributed by atoms with E-state index in [0.717, 1.165) is 32.4 Å². The van der Waals surface area contributed by atoms with Gasteiger partial charge in [-0.25, -0.2) is 8.78 Å². The zero-order valence-electron chi connectivity index (χ0n) is 16.9. The Labute approximate surface area is 175 Å². The lowest BCUT2D eigenvalue weighted by molar-refractivity contribution is -0.132. The Morgan fingerprint density at radius 2 is 1.60 bits per heavy atom. The molecule has 1 heterocycles. The first-order valence-corrected chi connectivity index (χ1v) is 10.3. The summed E-state index contributed by atoms with van der Waals surface area (Å²) >= 11 is 0. The summed E-state index contributed by atoms with van der Waals surface area (Å²) in [5.41, 5.74) is 0.541. The number of nitrogens with zero attached hydrogens (tertiary/aromatic N) is 2. The first kappa shape index (κ1) is 21.9. The lowest BCUT2D eigenvalue weighted by atomic mass is 10.1. The highest BCUT2D eigenvalue weighted by molar-refractivity contribution is 5.92. The van der Waals surface area contributed by atoms with E-state index in [9.17, 15) is 18.4 Å². The SMILES string of the molecule is O=C(CN(CCC(=O)N1CCCCC1)Cc1ccccc1F)Nc1ccccc1F. The largest absolute Gasteiger partial charge is 0.343 e. The van der Waals surface area contributed by atoms with Gasteiger partial charge in [-0.15, -0.1) is 0 Å². The fraction of sp³-hybridized carbons (Fsp3) is 0.391. The molecule has 0 saturated carbocycles. The molecule has 2 amide bonds. The number of benzene rings is 2. The minimum atomic E-state index is -0.521. The molecule has 2 aromatic carbocycles. The molecule has 2 aromatic rings. The molecule has 0 spiro atoms. The van der Waals surface area contributed by atoms with E-state index in [1.165, 1.54) is 18.2 Å². The number of halogens is 2. The minimum Gasteiger partial charge on any atom is -0.343 e. The maximum absolute atomic E-state index is 14.1. The Morgan fingerprint density at radius 1 is 0.933 bits per heavy atom. The zero-order valence-corrected chi connectivity index (χ0v) is 16.9. The summed E-state index contributed by atoms with van der Waals surface area (Å²) in [5, 5.41) is 2.55. The van der Waals surface area contributed by atoms with Crippen LogP contribution in [0.5, 0.6) is 0 Å². The Morgan fingerprint density at radius 3 is 2.30 bits per heavy atom.